The largest absolute Gasteiger partial charge is 0.481 e. The zero-order chi connectivity index (χ0) is 10.8. The number of aromatic nitrogens is 1. The van der Waals surface area contributed by atoms with Gasteiger partial charge in [-0.25, -0.2) is 4.98 Å². The Morgan fingerprint density at radius 2 is 2.14 bits per heavy atom. The Morgan fingerprint density at radius 3 is 2.64 bits per heavy atom. The van der Waals surface area contributed by atoms with Crippen molar-refractivity contribution in [1.29, 1.82) is 0 Å². The molecule has 0 radical (unpaired) electrons. The Kier molecular flexibility index (Phi) is 2.95. The van der Waals surface area contributed by atoms with Crippen LogP contribution in [0.2, 0.25) is 0 Å². The van der Waals surface area contributed by atoms with Crippen molar-refractivity contribution in [1.82, 2.24) is 4.98 Å². The molecule has 1 unspecified atom stereocenters. The summed E-state index contributed by atoms with van der Waals surface area (Å²) >= 11 is 0. The van der Waals surface area contributed by atoms with E-state index in [1.165, 1.54) is 7.11 Å². The van der Waals surface area contributed by atoms with E-state index in [0.29, 0.717) is 0 Å². The van der Waals surface area contributed by atoms with Crippen molar-refractivity contribution < 1.29 is 23.0 Å². The highest BCUT2D eigenvalue weighted by molar-refractivity contribution is 5.23. The number of ether oxygens (including phenoxy) is 1. The third kappa shape index (κ3) is 2.35. The number of hydrogen-bond donors (Lipinski definition) is 1. The summed E-state index contributed by atoms with van der Waals surface area (Å²) in [6, 6.07) is 2.12. The second-order valence-corrected chi connectivity index (χ2v) is 2.58. The maximum absolute atomic E-state index is 12.1. The van der Waals surface area contributed by atoms with Gasteiger partial charge >= 0.3 is 6.18 Å². The highest BCUT2D eigenvalue weighted by Gasteiger charge is 2.39. The van der Waals surface area contributed by atoms with E-state index in [2.05, 4.69) is 9.72 Å². The van der Waals surface area contributed by atoms with Crippen LogP contribution in [0.3, 0.4) is 0 Å². The summed E-state index contributed by atoms with van der Waals surface area (Å²) in [5, 5.41) is 8.87. The summed E-state index contributed by atoms with van der Waals surface area (Å²) in [6.07, 6.45) is -6.03. The number of rotatable bonds is 2. The minimum atomic E-state index is -4.67. The maximum Gasteiger partial charge on any atom is 0.418 e. The SMILES string of the molecule is COc1cc(C(O)C(F)(F)F)ccn1. The molecule has 0 spiro atoms. The molecule has 14 heavy (non-hydrogen) atoms. The van der Waals surface area contributed by atoms with Crippen molar-refractivity contribution >= 4 is 0 Å². The third-order valence-electron chi connectivity index (χ3n) is 1.59. The lowest BCUT2D eigenvalue weighted by molar-refractivity contribution is -0.206. The van der Waals surface area contributed by atoms with E-state index in [0.717, 1.165) is 18.3 Å². The van der Waals surface area contributed by atoms with Crippen LogP contribution >= 0.6 is 0 Å². The van der Waals surface area contributed by atoms with Gasteiger partial charge in [0.25, 0.3) is 0 Å². The van der Waals surface area contributed by atoms with Crippen LogP contribution in [-0.4, -0.2) is 23.4 Å². The standard InChI is InChI=1S/C8H8F3NO2/c1-14-6-4-5(2-3-12-6)7(13)8(9,10)11/h2-4,7,13H,1H3. The summed E-state index contributed by atoms with van der Waals surface area (Å²) in [5.41, 5.74) is -0.288. The smallest absolute Gasteiger partial charge is 0.418 e. The average molecular weight is 207 g/mol. The Morgan fingerprint density at radius 1 is 1.50 bits per heavy atom. The van der Waals surface area contributed by atoms with Crippen LogP contribution < -0.4 is 4.74 Å². The van der Waals surface area contributed by atoms with Crippen LogP contribution in [0.15, 0.2) is 18.3 Å². The lowest BCUT2D eigenvalue weighted by Gasteiger charge is -2.14. The van der Waals surface area contributed by atoms with Crippen molar-refractivity contribution in [2.45, 2.75) is 12.3 Å². The zero-order valence-corrected chi connectivity index (χ0v) is 7.25. The first-order chi connectivity index (χ1) is 6.45. The van der Waals surface area contributed by atoms with E-state index in [1.807, 2.05) is 0 Å². The molecule has 0 saturated heterocycles. The van der Waals surface area contributed by atoms with E-state index in [4.69, 9.17) is 5.11 Å². The molecule has 0 bridgehead atoms. The van der Waals surface area contributed by atoms with E-state index >= 15 is 0 Å². The molecule has 0 saturated carbocycles. The highest BCUT2D eigenvalue weighted by atomic mass is 19.4. The first kappa shape index (κ1) is 10.8. The summed E-state index contributed by atoms with van der Waals surface area (Å²) in [4.78, 5) is 3.62. The molecule has 0 amide bonds. The first-order valence-corrected chi connectivity index (χ1v) is 3.70. The second kappa shape index (κ2) is 3.83. The van der Waals surface area contributed by atoms with Gasteiger partial charge in [-0.05, 0) is 11.6 Å². The monoisotopic (exact) mass is 207 g/mol. The Balaban J connectivity index is 2.95. The summed E-state index contributed by atoms with van der Waals surface area (Å²) in [6.45, 7) is 0. The van der Waals surface area contributed by atoms with Crippen molar-refractivity contribution in [2.75, 3.05) is 7.11 Å². The molecule has 0 aromatic carbocycles. The minimum absolute atomic E-state index is 0.0331. The number of halogens is 3. The van der Waals surface area contributed by atoms with Gasteiger partial charge in [-0.1, -0.05) is 0 Å². The van der Waals surface area contributed by atoms with Gasteiger partial charge in [0.05, 0.1) is 7.11 Å². The molecule has 3 nitrogen and oxygen atoms in total. The van der Waals surface area contributed by atoms with E-state index < -0.39 is 12.3 Å². The van der Waals surface area contributed by atoms with Crippen LogP contribution in [0.5, 0.6) is 5.88 Å². The lowest BCUT2D eigenvalue weighted by Crippen LogP contribution is -2.20. The molecule has 1 aromatic rings. The predicted molar refractivity (Wildman–Crippen MR) is 41.8 cm³/mol. The summed E-state index contributed by atoms with van der Waals surface area (Å²) in [5.74, 6) is 0.0331. The molecule has 0 aliphatic carbocycles. The molecule has 6 heteroatoms. The topological polar surface area (TPSA) is 42.4 Å². The Bertz CT molecular complexity index is 314. The number of methoxy groups -OCH3 is 1. The molecule has 1 atom stereocenters. The number of nitrogens with zero attached hydrogens (tertiary/aromatic N) is 1. The number of hydrogen-bond acceptors (Lipinski definition) is 3. The fourth-order valence-electron chi connectivity index (χ4n) is 0.895. The van der Waals surface area contributed by atoms with Crippen molar-refractivity contribution in [2.24, 2.45) is 0 Å². The van der Waals surface area contributed by atoms with Crippen molar-refractivity contribution in [3.8, 4) is 5.88 Å². The fraction of sp³-hybridized carbons (Fsp3) is 0.375. The van der Waals surface area contributed by atoms with E-state index in [-0.39, 0.29) is 11.4 Å². The molecule has 0 fully saturated rings. The Hall–Kier alpha value is -1.30. The van der Waals surface area contributed by atoms with Gasteiger partial charge in [-0.2, -0.15) is 13.2 Å². The zero-order valence-electron chi connectivity index (χ0n) is 7.25. The number of aliphatic hydroxyl groups is 1. The first-order valence-electron chi connectivity index (χ1n) is 3.70. The fourth-order valence-corrected chi connectivity index (χ4v) is 0.895. The maximum atomic E-state index is 12.1. The van der Waals surface area contributed by atoms with Crippen LogP contribution in [-0.2, 0) is 0 Å². The van der Waals surface area contributed by atoms with Crippen molar-refractivity contribution in [3.63, 3.8) is 0 Å². The van der Waals surface area contributed by atoms with Gasteiger partial charge in [0.1, 0.15) is 0 Å². The molecule has 1 aromatic heterocycles. The van der Waals surface area contributed by atoms with Crippen LogP contribution in [0.1, 0.15) is 11.7 Å². The highest BCUT2D eigenvalue weighted by Crippen LogP contribution is 2.32. The van der Waals surface area contributed by atoms with Gasteiger partial charge in [-0.15, -0.1) is 0 Å². The van der Waals surface area contributed by atoms with Gasteiger partial charge in [0.15, 0.2) is 6.10 Å². The quantitative estimate of drug-likeness (QED) is 0.802. The van der Waals surface area contributed by atoms with Crippen LogP contribution in [0.25, 0.3) is 0 Å². The van der Waals surface area contributed by atoms with Gasteiger partial charge in [0.2, 0.25) is 5.88 Å². The molecule has 1 N–H and O–H groups in total. The number of aliphatic hydroxyl groups excluding tert-OH is 1. The summed E-state index contributed by atoms with van der Waals surface area (Å²) < 4.78 is 40.8. The second-order valence-electron chi connectivity index (χ2n) is 2.58. The van der Waals surface area contributed by atoms with Gasteiger partial charge < -0.3 is 9.84 Å². The number of alkyl halides is 3. The molecule has 0 aliphatic rings. The predicted octanol–water partition coefficient (Wildman–Crippen LogP) is 1.69. The van der Waals surface area contributed by atoms with Crippen molar-refractivity contribution in [3.05, 3.63) is 23.9 Å². The minimum Gasteiger partial charge on any atom is -0.481 e. The van der Waals surface area contributed by atoms with Crippen LogP contribution in [0.4, 0.5) is 13.2 Å². The van der Waals surface area contributed by atoms with E-state index in [1.54, 1.807) is 0 Å². The molecular formula is C8H8F3NO2. The average Bonchev–Trinajstić information content (AvgIpc) is 2.15. The van der Waals surface area contributed by atoms with Gasteiger partial charge in [0, 0.05) is 12.3 Å². The van der Waals surface area contributed by atoms with E-state index in [9.17, 15) is 13.2 Å². The normalized spacial score (nSPS) is 13.8. The molecule has 78 valence electrons. The molecular weight excluding hydrogens is 199 g/mol. The van der Waals surface area contributed by atoms with Gasteiger partial charge in [-0.3, -0.25) is 0 Å². The number of pyridine rings is 1. The lowest BCUT2D eigenvalue weighted by atomic mass is 10.1. The summed E-state index contributed by atoms with van der Waals surface area (Å²) in [7, 11) is 1.28. The van der Waals surface area contributed by atoms with Crippen LogP contribution in [0, 0.1) is 0 Å². The molecule has 0 aliphatic heterocycles. The Labute approximate surface area is 78.2 Å². The molecule has 1 rings (SSSR count). The third-order valence-corrected chi connectivity index (χ3v) is 1.59. The molecule has 1 heterocycles.